The highest BCUT2D eigenvalue weighted by Gasteiger charge is 2.33. The van der Waals surface area contributed by atoms with Crippen molar-refractivity contribution in [3.05, 3.63) is 46.5 Å². The summed E-state index contributed by atoms with van der Waals surface area (Å²) in [5, 5.41) is 2.11. The van der Waals surface area contributed by atoms with Crippen molar-refractivity contribution in [1.29, 1.82) is 0 Å². The molecule has 0 unspecified atom stereocenters. The number of carbonyl (C=O) groups excluding carboxylic acids is 2. The van der Waals surface area contributed by atoms with Gasteiger partial charge in [-0.3, -0.25) is 14.5 Å². The maximum Gasteiger partial charge on any atom is 0.289 e. The maximum absolute atomic E-state index is 13.0. The van der Waals surface area contributed by atoms with Crippen LogP contribution >= 0.6 is 11.3 Å². The summed E-state index contributed by atoms with van der Waals surface area (Å²) in [6, 6.07) is 7.64. The Morgan fingerprint density at radius 2 is 1.93 bits per heavy atom. The second-order valence-electron chi connectivity index (χ2n) is 7.25. The Morgan fingerprint density at radius 1 is 1.07 bits per heavy atom. The standard InChI is InChI=1S/C20H25N3O3S/c24-19(22-10-8-21(9-11-22)15-17-5-3-13-27-17)16-4-1-7-23(14-16)20(25)18-6-2-12-26-18/h2-3,5-6,12-13,16H,1,4,7-11,14-15H2/t16-/m0/s1. The summed E-state index contributed by atoms with van der Waals surface area (Å²) in [6.45, 7) is 5.51. The third kappa shape index (κ3) is 4.25. The van der Waals surface area contributed by atoms with Crippen molar-refractivity contribution in [3.63, 3.8) is 0 Å². The van der Waals surface area contributed by atoms with Gasteiger partial charge in [0.1, 0.15) is 0 Å². The summed E-state index contributed by atoms with van der Waals surface area (Å²) in [6.07, 6.45) is 3.23. The molecule has 0 aliphatic carbocycles. The number of piperidine rings is 1. The van der Waals surface area contributed by atoms with Gasteiger partial charge < -0.3 is 14.2 Å². The number of piperazine rings is 1. The summed E-state index contributed by atoms with van der Waals surface area (Å²) in [5.41, 5.74) is 0. The zero-order valence-corrected chi connectivity index (χ0v) is 16.2. The van der Waals surface area contributed by atoms with Crippen molar-refractivity contribution in [2.75, 3.05) is 39.3 Å². The van der Waals surface area contributed by atoms with Gasteiger partial charge in [-0.2, -0.15) is 0 Å². The Bertz CT molecular complexity index is 752. The molecule has 0 N–H and O–H groups in total. The average molecular weight is 388 g/mol. The van der Waals surface area contributed by atoms with Crippen LogP contribution in [0.3, 0.4) is 0 Å². The van der Waals surface area contributed by atoms with Gasteiger partial charge in [-0.05, 0) is 36.4 Å². The van der Waals surface area contributed by atoms with Gasteiger partial charge in [0, 0.05) is 50.7 Å². The van der Waals surface area contributed by atoms with E-state index in [9.17, 15) is 9.59 Å². The van der Waals surface area contributed by atoms with Gasteiger partial charge in [0.05, 0.1) is 12.2 Å². The van der Waals surface area contributed by atoms with E-state index in [0.717, 1.165) is 45.6 Å². The Kier molecular flexibility index (Phi) is 5.59. The van der Waals surface area contributed by atoms with Gasteiger partial charge in [-0.25, -0.2) is 0 Å². The third-order valence-electron chi connectivity index (χ3n) is 5.43. The van der Waals surface area contributed by atoms with Gasteiger partial charge in [0.15, 0.2) is 5.76 Å². The minimum atomic E-state index is -0.113. The Morgan fingerprint density at radius 3 is 2.63 bits per heavy atom. The molecular formula is C20H25N3O3S. The lowest BCUT2D eigenvalue weighted by Gasteiger charge is -2.38. The van der Waals surface area contributed by atoms with Gasteiger partial charge in [0.2, 0.25) is 5.91 Å². The highest BCUT2D eigenvalue weighted by atomic mass is 32.1. The van der Waals surface area contributed by atoms with Crippen molar-refractivity contribution >= 4 is 23.2 Å². The van der Waals surface area contributed by atoms with Crippen LogP contribution < -0.4 is 0 Å². The van der Waals surface area contributed by atoms with Crippen LogP contribution in [-0.4, -0.2) is 65.8 Å². The van der Waals surface area contributed by atoms with Crippen molar-refractivity contribution in [2.24, 2.45) is 5.92 Å². The first-order valence-corrected chi connectivity index (χ1v) is 10.4. The number of likely N-dealkylation sites (tertiary alicyclic amines) is 1. The number of amides is 2. The van der Waals surface area contributed by atoms with E-state index in [-0.39, 0.29) is 17.7 Å². The first kappa shape index (κ1) is 18.3. The van der Waals surface area contributed by atoms with Crippen LogP contribution in [0.1, 0.15) is 28.3 Å². The number of hydrogen-bond donors (Lipinski definition) is 0. The lowest BCUT2D eigenvalue weighted by atomic mass is 9.96. The molecule has 0 aromatic carbocycles. The minimum Gasteiger partial charge on any atom is -0.459 e. The van der Waals surface area contributed by atoms with Crippen LogP contribution in [0.2, 0.25) is 0 Å². The smallest absolute Gasteiger partial charge is 0.289 e. The van der Waals surface area contributed by atoms with E-state index >= 15 is 0 Å². The van der Waals surface area contributed by atoms with Gasteiger partial charge in [0.25, 0.3) is 5.91 Å². The van der Waals surface area contributed by atoms with E-state index in [1.165, 1.54) is 11.1 Å². The Hall–Kier alpha value is -2.12. The van der Waals surface area contributed by atoms with Crippen molar-refractivity contribution < 1.29 is 14.0 Å². The number of hydrogen-bond acceptors (Lipinski definition) is 5. The van der Waals surface area contributed by atoms with Crippen LogP contribution in [-0.2, 0) is 11.3 Å². The predicted octanol–water partition coefficient (Wildman–Crippen LogP) is 2.54. The molecule has 4 heterocycles. The molecule has 6 nitrogen and oxygen atoms in total. The van der Waals surface area contributed by atoms with Gasteiger partial charge >= 0.3 is 0 Å². The number of nitrogens with zero attached hydrogens (tertiary/aromatic N) is 3. The molecule has 0 radical (unpaired) electrons. The number of furan rings is 1. The number of rotatable bonds is 4. The van der Waals surface area contributed by atoms with Crippen molar-refractivity contribution in [2.45, 2.75) is 19.4 Å². The number of carbonyl (C=O) groups is 2. The highest BCUT2D eigenvalue weighted by molar-refractivity contribution is 7.09. The van der Waals surface area contributed by atoms with Crippen molar-refractivity contribution in [3.8, 4) is 0 Å². The highest BCUT2D eigenvalue weighted by Crippen LogP contribution is 2.22. The second-order valence-corrected chi connectivity index (χ2v) is 8.28. The zero-order valence-electron chi connectivity index (χ0n) is 15.4. The van der Waals surface area contributed by atoms with Gasteiger partial charge in [-0.15, -0.1) is 11.3 Å². The molecule has 0 bridgehead atoms. The lowest BCUT2D eigenvalue weighted by Crippen LogP contribution is -2.52. The summed E-state index contributed by atoms with van der Waals surface area (Å²) in [7, 11) is 0. The normalized spacial score (nSPS) is 21.4. The zero-order chi connectivity index (χ0) is 18.6. The Balaban J connectivity index is 1.29. The molecule has 1 atom stereocenters. The van der Waals surface area contributed by atoms with E-state index < -0.39 is 0 Å². The molecule has 4 rings (SSSR count). The molecule has 7 heteroatoms. The SMILES string of the molecule is O=C(c1ccco1)N1CCC[C@H](C(=O)N2CCN(Cc3cccs3)CC2)C1. The first-order valence-electron chi connectivity index (χ1n) is 9.57. The average Bonchev–Trinajstić information content (AvgIpc) is 3.42. The summed E-state index contributed by atoms with van der Waals surface area (Å²) < 4.78 is 5.22. The van der Waals surface area contributed by atoms with E-state index in [4.69, 9.17) is 4.42 Å². The molecule has 144 valence electrons. The Labute approximate surface area is 163 Å². The molecule has 2 saturated heterocycles. The van der Waals surface area contributed by atoms with Crippen LogP contribution in [0.25, 0.3) is 0 Å². The molecule has 2 aromatic heterocycles. The topological polar surface area (TPSA) is 57.0 Å². The molecule has 2 aliphatic rings. The largest absolute Gasteiger partial charge is 0.459 e. The molecule has 2 aliphatic heterocycles. The third-order valence-corrected chi connectivity index (χ3v) is 6.29. The summed E-state index contributed by atoms with van der Waals surface area (Å²) >= 11 is 1.78. The fourth-order valence-electron chi connectivity index (χ4n) is 3.93. The van der Waals surface area contributed by atoms with Crippen LogP contribution in [0.4, 0.5) is 0 Å². The second kappa shape index (κ2) is 8.27. The predicted molar refractivity (Wildman–Crippen MR) is 104 cm³/mol. The van der Waals surface area contributed by atoms with Crippen LogP contribution in [0.15, 0.2) is 40.3 Å². The minimum absolute atomic E-state index is 0.0958. The molecule has 2 amide bonds. The molecule has 0 saturated carbocycles. The monoisotopic (exact) mass is 387 g/mol. The molecule has 0 spiro atoms. The molecule has 2 fully saturated rings. The summed E-state index contributed by atoms with van der Waals surface area (Å²) in [4.78, 5) is 33.0. The van der Waals surface area contributed by atoms with Crippen LogP contribution in [0, 0.1) is 5.92 Å². The van der Waals surface area contributed by atoms with Gasteiger partial charge in [-0.1, -0.05) is 6.07 Å². The lowest BCUT2D eigenvalue weighted by molar-refractivity contribution is -0.138. The molecule has 2 aromatic rings. The maximum atomic E-state index is 13.0. The molecule has 27 heavy (non-hydrogen) atoms. The molecular weight excluding hydrogens is 362 g/mol. The fourth-order valence-corrected chi connectivity index (χ4v) is 4.67. The van der Waals surface area contributed by atoms with E-state index in [0.29, 0.717) is 18.8 Å². The van der Waals surface area contributed by atoms with Crippen molar-refractivity contribution in [1.82, 2.24) is 14.7 Å². The van der Waals surface area contributed by atoms with E-state index in [1.807, 2.05) is 4.90 Å². The fraction of sp³-hybridized carbons (Fsp3) is 0.500. The number of thiophene rings is 1. The van der Waals surface area contributed by atoms with E-state index in [2.05, 4.69) is 22.4 Å². The van der Waals surface area contributed by atoms with Crippen LogP contribution in [0.5, 0.6) is 0 Å². The van der Waals surface area contributed by atoms with E-state index in [1.54, 1.807) is 28.4 Å². The first-order chi connectivity index (χ1) is 13.2. The quantitative estimate of drug-likeness (QED) is 0.809. The summed E-state index contributed by atoms with van der Waals surface area (Å²) in [5.74, 6) is 0.341.